The Kier molecular flexibility index (Phi) is 6.25. The number of benzene rings is 1. The molecule has 6 nitrogen and oxygen atoms in total. The zero-order chi connectivity index (χ0) is 16.7. The van der Waals surface area contributed by atoms with Gasteiger partial charge in [0, 0.05) is 18.6 Å². The molecule has 0 aliphatic heterocycles. The van der Waals surface area contributed by atoms with Crippen molar-refractivity contribution in [3.63, 3.8) is 0 Å². The van der Waals surface area contributed by atoms with Gasteiger partial charge in [-0.2, -0.15) is 0 Å². The van der Waals surface area contributed by atoms with Crippen LogP contribution in [-0.2, 0) is 21.9 Å². The quantitative estimate of drug-likeness (QED) is 0.771. The minimum absolute atomic E-state index is 0.0469. The summed E-state index contributed by atoms with van der Waals surface area (Å²) in [4.78, 5) is 22.6. The molecule has 2 aromatic rings. The van der Waals surface area contributed by atoms with E-state index in [-0.39, 0.29) is 17.4 Å². The average Bonchev–Trinajstić information content (AvgIpc) is 2.96. The number of carbonyl (C=O) groups is 2. The van der Waals surface area contributed by atoms with Crippen molar-refractivity contribution >= 4 is 29.3 Å². The molecule has 1 amide bonds. The van der Waals surface area contributed by atoms with Crippen molar-refractivity contribution in [2.24, 2.45) is 0 Å². The first-order valence-corrected chi connectivity index (χ1v) is 8.01. The van der Waals surface area contributed by atoms with Gasteiger partial charge in [0.1, 0.15) is 12.4 Å². The molecule has 1 heterocycles. The first-order valence-electron chi connectivity index (χ1n) is 6.86. The number of anilines is 1. The second-order valence-corrected chi connectivity index (χ2v) is 5.73. The number of ether oxygens (including phenoxy) is 1. The summed E-state index contributed by atoms with van der Waals surface area (Å²) in [7, 11) is 1.55. The van der Waals surface area contributed by atoms with Crippen LogP contribution in [0.3, 0.4) is 0 Å². The number of amides is 1. The van der Waals surface area contributed by atoms with Crippen molar-refractivity contribution in [3.05, 3.63) is 53.5 Å². The van der Waals surface area contributed by atoms with Gasteiger partial charge < -0.3 is 19.6 Å². The molecule has 7 heteroatoms. The maximum atomic E-state index is 12.1. The summed E-state index contributed by atoms with van der Waals surface area (Å²) in [5.74, 6) is 0.214. The number of rotatable bonds is 8. The highest BCUT2D eigenvalue weighted by atomic mass is 32.2. The van der Waals surface area contributed by atoms with Crippen molar-refractivity contribution in [2.75, 3.05) is 18.2 Å². The molecular weight excluding hydrogens is 318 g/mol. The molecule has 1 aromatic carbocycles. The van der Waals surface area contributed by atoms with Gasteiger partial charge in [-0.15, -0.1) is 11.8 Å². The third kappa shape index (κ3) is 5.46. The number of aliphatic carboxylic acids is 1. The lowest BCUT2D eigenvalue weighted by atomic mass is 10.2. The van der Waals surface area contributed by atoms with Gasteiger partial charge in [0.2, 0.25) is 0 Å². The van der Waals surface area contributed by atoms with Crippen molar-refractivity contribution in [3.8, 4) is 0 Å². The van der Waals surface area contributed by atoms with E-state index in [1.54, 1.807) is 25.3 Å². The number of hydrogen-bond acceptors (Lipinski definition) is 5. The van der Waals surface area contributed by atoms with Crippen LogP contribution in [0.25, 0.3) is 0 Å². The molecule has 2 N–H and O–H groups in total. The summed E-state index contributed by atoms with van der Waals surface area (Å²) in [6.07, 6.45) is 0. The summed E-state index contributed by atoms with van der Waals surface area (Å²) in [5.41, 5.74) is 1.57. The highest BCUT2D eigenvalue weighted by molar-refractivity contribution is 7.99. The number of carboxylic acids is 1. The fraction of sp³-hybridized carbons (Fsp3) is 0.250. The molecule has 1 aromatic heterocycles. The largest absolute Gasteiger partial charge is 0.481 e. The minimum atomic E-state index is -0.843. The molecule has 0 saturated heterocycles. The van der Waals surface area contributed by atoms with E-state index in [2.05, 4.69) is 5.32 Å². The Balaban J connectivity index is 1.95. The van der Waals surface area contributed by atoms with Crippen molar-refractivity contribution < 1.29 is 23.8 Å². The minimum Gasteiger partial charge on any atom is -0.481 e. The van der Waals surface area contributed by atoms with Crippen LogP contribution in [0.2, 0.25) is 0 Å². The van der Waals surface area contributed by atoms with Crippen LogP contribution < -0.4 is 5.32 Å². The number of thioether (sulfide) groups is 1. The molecule has 0 fully saturated rings. The first kappa shape index (κ1) is 17.1. The maximum absolute atomic E-state index is 12.1. The van der Waals surface area contributed by atoms with Gasteiger partial charge in [-0.1, -0.05) is 12.1 Å². The third-order valence-corrected chi connectivity index (χ3v) is 3.84. The van der Waals surface area contributed by atoms with E-state index in [4.69, 9.17) is 14.3 Å². The summed E-state index contributed by atoms with van der Waals surface area (Å²) in [6, 6.07) is 10.6. The van der Waals surface area contributed by atoms with Crippen molar-refractivity contribution in [1.82, 2.24) is 0 Å². The second kappa shape index (κ2) is 8.40. The van der Waals surface area contributed by atoms with Gasteiger partial charge in [-0.05, 0) is 29.8 Å². The van der Waals surface area contributed by atoms with Crippen LogP contribution in [-0.4, -0.2) is 29.8 Å². The zero-order valence-electron chi connectivity index (χ0n) is 12.6. The van der Waals surface area contributed by atoms with E-state index in [9.17, 15) is 9.59 Å². The third-order valence-electron chi connectivity index (χ3n) is 2.85. The standard InChI is InChI=1S/C16H17NO5S/c1-21-8-13-5-6-14(22-13)16(20)17-12-4-2-3-11(7-12)9-23-10-15(18)19/h2-7H,8-10H2,1H3,(H,17,20)(H,18,19). The monoisotopic (exact) mass is 335 g/mol. The Morgan fingerprint density at radius 3 is 2.87 bits per heavy atom. The van der Waals surface area contributed by atoms with Gasteiger partial charge in [0.25, 0.3) is 5.91 Å². The number of nitrogens with one attached hydrogen (secondary N) is 1. The summed E-state index contributed by atoms with van der Waals surface area (Å²) >= 11 is 1.30. The zero-order valence-corrected chi connectivity index (χ0v) is 13.4. The lowest BCUT2D eigenvalue weighted by Crippen LogP contribution is -2.11. The molecule has 23 heavy (non-hydrogen) atoms. The number of carboxylic acid groups (broad SMARTS) is 1. The lowest BCUT2D eigenvalue weighted by Gasteiger charge is -2.06. The fourth-order valence-electron chi connectivity index (χ4n) is 1.91. The van der Waals surface area contributed by atoms with Crippen LogP contribution in [0.5, 0.6) is 0 Å². The molecule has 0 aliphatic rings. The van der Waals surface area contributed by atoms with Gasteiger partial charge in [0.15, 0.2) is 5.76 Å². The van der Waals surface area contributed by atoms with Gasteiger partial charge in [0.05, 0.1) is 5.75 Å². The Morgan fingerprint density at radius 2 is 2.13 bits per heavy atom. The van der Waals surface area contributed by atoms with Crippen molar-refractivity contribution in [1.29, 1.82) is 0 Å². The van der Waals surface area contributed by atoms with E-state index in [1.807, 2.05) is 18.2 Å². The Morgan fingerprint density at radius 1 is 1.30 bits per heavy atom. The van der Waals surface area contributed by atoms with E-state index in [0.29, 0.717) is 23.8 Å². The van der Waals surface area contributed by atoms with Crippen LogP contribution in [0.4, 0.5) is 5.69 Å². The Bertz CT molecular complexity index is 683. The predicted octanol–water partition coefficient (Wildman–Crippen LogP) is 3.00. The van der Waals surface area contributed by atoms with E-state index < -0.39 is 5.97 Å². The number of carbonyl (C=O) groups excluding carboxylic acids is 1. The van der Waals surface area contributed by atoms with E-state index in [1.165, 1.54) is 11.8 Å². The van der Waals surface area contributed by atoms with Gasteiger partial charge >= 0.3 is 5.97 Å². The van der Waals surface area contributed by atoms with E-state index in [0.717, 1.165) is 5.56 Å². The molecule has 0 bridgehead atoms. The highest BCUT2D eigenvalue weighted by Crippen LogP contribution is 2.18. The molecule has 0 aliphatic carbocycles. The van der Waals surface area contributed by atoms with E-state index >= 15 is 0 Å². The summed E-state index contributed by atoms with van der Waals surface area (Å²) < 4.78 is 10.3. The molecule has 0 spiro atoms. The molecule has 122 valence electrons. The Hall–Kier alpha value is -2.25. The molecule has 2 rings (SSSR count). The topological polar surface area (TPSA) is 88.8 Å². The average molecular weight is 335 g/mol. The number of hydrogen-bond donors (Lipinski definition) is 2. The molecule has 0 saturated carbocycles. The molecule has 0 unspecified atom stereocenters. The summed E-state index contributed by atoms with van der Waals surface area (Å²) in [5, 5.41) is 11.4. The van der Waals surface area contributed by atoms with Crippen LogP contribution in [0.15, 0.2) is 40.8 Å². The maximum Gasteiger partial charge on any atom is 0.313 e. The van der Waals surface area contributed by atoms with Crippen LogP contribution in [0, 0.1) is 0 Å². The Labute approximate surface area is 137 Å². The summed E-state index contributed by atoms with van der Waals surface area (Å²) in [6.45, 7) is 0.309. The van der Waals surface area contributed by atoms with Crippen molar-refractivity contribution in [2.45, 2.75) is 12.4 Å². The second-order valence-electron chi connectivity index (χ2n) is 4.74. The molecule has 0 radical (unpaired) electrons. The number of furan rings is 1. The van der Waals surface area contributed by atoms with Gasteiger partial charge in [-0.3, -0.25) is 9.59 Å². The highest BCUT2D eigenvalue weighted by Gasteiger charge is 2.11. The lowest BCUT2D eigenvalue weighted by molar-refractivity contribution is -0.133. The molecular formula is C16H17NO5S. The first-order chi connectivity index (χ1) is 11.1. The van der Waals surface area contributed by atoms with Crippen LogP contribution >= 0.6 is 11.8 Å². The smallest absolute Gasteiger partial charge is 0.313 e. The van der Waals surface area contributed by atoms with Gasteiger partial charge in [-0.25, -0.2) is 0 Å². The normalized spacial score (nSPS) is 10.5. The number of methoxy groups -OCH3 is 1. The molecule has 0 atom stereocenters. The SMILES string of the molecule is COCc1ccc(C(=O)Nc2cccc(CSCC(=O)O)c2)o1. The fourth-order valence-corrected chi connectivity index (χ4v) is 2.60. The predicted molar refractivity (Wildman–Crippen MR) is 87.6 cm³/mol. The van der Waals surface area contributed by atoms with Crippen LogP contribution in [0.1, 0.15) is 21.9 Å².